The zero-order chi connectivity index (χ0) is 20.4. The highest BCUT2D eigenvalue weighted by Crippen LogP contribution is 2.33. The van der Waals surface area contributed by atoms with Crippen molar-refractivity contribution in [3.8, 4) is 26.8 Å². The Labute approximate surface area is 179 Å². The highest BCUT2D eigenvalue weighted by Gasteiger charge is 2.20. The highest BCUT2D eigenvalue weighted by atomic mass is 79.9. The second kappa shape index (κ2) is 8.02. The number of benzene rings is 2. The minimum Gasteiger partial charge on any atom is -0.379 e. The van der Waals surface area contributed by atoms with E-state index in [1.165, 1.54) is 11.3 Å². The van der Waals surface area contributed by atoms with Crippen LogP contribution in [0.3, 0.4) is 0 Å². The number of thiazole rings is 1. The molecule has 0 radical (unpaired) electrons. The number of rotatable bonds is 5. The van der Waals surface area contributed by atoms with Crippen LogP contribution in [0.1, 0.15) is 0 Å². The molecule has 0 bridgehead atoms. The summed E-state index contributed by atoms with van der Waals surface area (Å²) in [4.78, 5) is 9.29. The summed E-state index contributed by atoms with van der Waals surface area (Å²) in [7, 11) is -4.10. The van der Waals surface area contributed by atoms with Crippen LogP contribution in [0.2, 0.25) is 0 Å². The van der Waals surface area contributed by atoms with Gasteiger partial charge in [0, 0.05) is 28.6 Å². The maximum atomic E-state index is 13.2. The standard InChI is InChI=1S/C20H12BrFN2O3S2/c21-17-10-15(22)5-8-19(17)29(25,26)27-16-6-3-13(4-7-16)18-12-24-20(28-18)14-2-1-9-23-11-14/h1-12H. The van der Waals surface area contributed by atoms with E-state index in [2.05, 4.69) is 25.9 Å². The van der Waals surface area contributed by atoms with E-state index in [-0.39, 0.29) is 15.1 Å². The van der Waals surface area contributed by atoms with Crippen LogP contribution in [0.25, 0.3) is 21.0 Å². The van der Waals surface area contributed by atoms with Gasteiger partial charge in [-0.25, -0.2) is 9.37 Å². The summed E-state index contributed by atoms with van der Waals surface area (Å²) < 4.78 is 43.4. The Bertz CT molecular complexity index is 1260. The van der Waals surface area contributed by atoms with Gasteiger partial charge in [-0.3, -0.25) is 4.98 Å². The van der Waals surface area contributed by atoms with Crippen molar-refractivity contribution in [1.82, 2.24) is 9.97 Å². The first-order chi connectivity index (χ1) is 13.9. The first-order valence-electron chi connectivity index (χ1n) is 8.28. The minimum absolute atomic E-state index is 0.0988. The molecule has 0 spiro atoms. The van der Waals surface area contributed by atoms with Crippen molar-refractivity contribution in [2.24, 2.45) is 0 Å². The first-order valence-corrected chi connectivity index (χ1v) is 11.3. The highest BCUT2D eigenvalue weighted by molar-refractivity contribution is 9.10. The number of halogens is 2. The predicted molar refractivity (Wildman–Crippen MR) is 113 cm³/mol. The van der Waals surface area contributed by atoms with Crippen molar-refractivity contribution in [3.05, 3.63) is 83.5 Å². The fourth-order valence-electron chi connectivity index (χ4n) is 2.55. The van der Waals surface area contributed by atoms with E-state index in [0.717, 1.165) is 39.2 Å². The molecule has 0 aliphatic rings. The van der Waals surface area contributed by atoms with E-state index >= 15 is 0 Å². The van der Waals surface area contributed by atoms with Crippen LogP contribution in [0.15, 0.2) is 82.6 Å². The van der Waals surface area contributed by atoms with Gasteiger partial charge in [0.25, 0.3) is 0 Å². The molecule has 5 nitrogen and oxygen atoms in total. The SMILES string of the molecule is O=S(=O)(Oc1ccc(-c2cnc(-c3cccnc3)s2)cc1)c1ccc(F)cc1Br. The third-order valence-corrected chi connectivity index (χ3v) is 7.24. The normalized spacial score (nSPS) is 11.4. The molecule has 29 heavy (non-hydrogen) atoms. The Morgan fingerprint density at radius 2 is 1.79 bits per heavy atom. The lowest BCUT2D eigenvalue weighted by Gasteiger charge is -2.09. The van der Waals surface area contributed by atoms with Crippen LogP contribution in [0, 0.1) is 5.82 Å². The Balaban J connectivity index is 1.55. The van der Waals surface area contributed by atoms with Crippen LogP contribution in [0.5, 0.6) is 5.75 Å². The van der Waals surface area contributed by atoms with E-state index in [1.54, 1.807) is 42.9 Å². The lowest BCUT2D eigenvalue weighted by Crippen LogP contribution is -2.10. The van der Waals surface area contributed by atoms with Crippen molar-refractivity contribution in [1.29, 1.82) is 0 Å². The van der Waals surface area contributed by atoms with Gasteiger partial charge in [0.05, 0.1) is 4.88 Å². The van der Waals surface area contributed by atoms with E-state index in [4.69, 9.17) is 4.18 Å². The molecule has 0 amide bonds. The van der Waals surface area contributed by atoms with Gasteiger partial charge in [0.15, 0.2) is 0 Å². The van der Waals surface area contributed by atoms with E-state index < -0.39 is 15.9 Å². The molecule has 2 aromatic heterocycles. The van der Waals surface area contributed by atoms with Gasteiger partial charge in [0.1, 0.15) is 21.5 Å². The number of aromatic nitrogens is 2. The van der Waals surface area contributed by atoms with Crippen LogP contribution >= 0.6 is 27.3 Å². The molecule has 4 aromatic rings. The lowest BCUT2D eigenvalue weighted by atomic mass is 10.2. The van der Waals surface area contributed by atoms with E-state index in [1.807, 2.05) is 12.1 Å². The Morgan fingerprint density at radius 1 is 1.00 bits per heavy atom. The van der Waals surface area contributed by atoms with Crippen molar-refractivity contribution in [2.45, 2.75) is 4.90 Å². The Kier molecular flexibility index (Phi) is 5.44. The summed E-state index contributed by atoms with van der Waals surface area (Å²) in [6.45, 7) is 0. The van der Waals surface area contributed by atoms with Crippen molar-refractivity contribution in [2.75, 3.05) is 0 Å². The largest absolute Gasteiger partial charge is 0.379 e. The summed E-state index contributed by atoms with van der Waals surface area (Å²) in [5, 5.41) is 0.845. The molecule has 0 saturated carbocycles. The zero-order valence-corrected chi connectivity index (χ0v) is 17.8. The molecule has 0 aliphatic heterocycles. The summed E-state index contributed by atoms with van der Waals surface area (Å²) in [5.74, 6) is -0.391. The maximum Gasteiger partial charge on any atom is 0.340 e. The monoisotopic (exact) mass is 490 g/mol. The summed E-state index contributed by atoms with van der Waals surface area (Å²) in [6.07, 6.45) is 5.21. The van der Waals surface area contributed by atoms with Gasteiger partial charge < -0.3 is 4.18 Å². The van der Waals surface area contributed by atoms with Gasteiger partial charge in [-0.05, 0) is 76.1 Å². The molecule has 9 heteroatoms. The second-order valence-electron chi connectivity index (χ2n) is 5.91. The summed E-state index contributed by atoms with van der Waals surface area (Å²) >= 11 is 4.56. The fourth-order valence-corrected chi connectivity index (χ4v) is 5.40. The first kappa shape index (κ1) is 19.7. The molecule has 0 aliphatic carbocycles. The van der Waals surface area contributed by atoms with Gasteiger partial charge in [-0.2, -0.15) is 8.42 Å². The maximum absolute atomic E-state index is 13.2. The molecular formula is C20H12BrFN2O3S2. The van der Waals surface area contributed by atoms with Gasteiger partial charge in [0.2, 0.25) is 0 Å². The molecule has 146 valence electrons. The molecule has 0 unspecified atom stereocenters. The molecule has 2 aromatic carbocycles. The fraction of sp³-hybridized carbons (Fsp3) is 0. The quantitative estimate of drug-likeness (QED) is 0.343. The number of hydrogen-bond acceptors (Lipinski definition) is 6. The molecule has 0 fully saturated rings. The second-order valence-corrected chi connectivity index (χ2v) is 9.31. The molecular weight excluding hydrogens is 479 g/mol. The molecule has 0 atom stereocenters. The molecule has 4 rings (SSSR count). The average Bonchev–Trinajstić information content (AvgIpc) is 3.19. The number of pyridine rings is 1. The van der Waals surface area contributed by atoms with Crippen LogP contribution in [0.4, 0.5) is 4.39 Å². The topological polar surface area (TPSA) is 69.2 Å². The average molecular weight is 491 g/mol. The zero-order valence-electron chi connectivity index (χ0n) is 14.6. The molecule has 0 N–H and O–H groups in total. The number of nitrogens with zero attached hydrogens (tertiary/aromatic N) is 2. The Hall–Kier alpha value is -2.62. The Morgan fingerprint density at radius 3 is 2.48 bits per heavy atom. The van der Waals surface area contributed by atoms with Gasteiger partial charge >= 0.3 is 10.1 Å². The van der Waals surface area contributed by atoms with Crippen LogP contribution in [-0.2, 0) is 10.1 Å². The van der Waals surface area contributed by atoms with Crippen molar-refractivity contribution < 1.29 is 17.0 Å². The van der Waals surface area contributed by atoms with E-state index in [0.29, 0.717) is 0 Å². The van der Waals surface area contributed by atoms with Crippen molar-refractivity contribution in [3.63, 3.8) is 0 Å². The predicted octanol–water partition coefficient (Wildman–Crippen LogP) is 5.54. The summed E-state index contributed by atoms with van der Waals surface area (Å²) in [6, 6.07) is 13.7. The van der Waals surface area contributed by atoms with Gasteiger partial charge in [-0.15, -0.1) is 11.3 Å². The molecule has 2 heterocycles. The number of hydrogen-bond donors (Lipinski definition) is 0. The third-order valence-electron chi connectivity index (χ3n) is 3.92. The minimum atomic E-state index is -4.10. The van der Waals surface area contributed by atoms with E-state index in [9.17, 15) is 12.8 Å². The van der Waals surface area contributed by atoms with Crippen LogP contribution in [-0.4, -0.2) is 18.4 Å². The van der Waals surface area contributed by atoms with Gasteiger partial charge in [-0.1, -0.05) is 0 Å². The summed E-state index contributed by atoms with van der Waals surface area (Å²) in [5.41, 5.74) is 1.81. The van der Waals surface area contributed by atoms with Crippen molar-refractivity contribution >= 4 is 37.4 Å². The molecule has 0 saturated heterocycles. The smallest absolute Gasteiger partial charge is 0.340 e. The third kappa shape index (κ3) is 4.36. The van der Waals surface area contributed by atoms with Crippen LogP contribution < -0.4 is 4.18 Å². The lowest BCUT2D eigenvalue weighted by molar-refractivity contribution is 0.485.